The summed E-state index contributed by atoms with van der Waals surface area (Å²) in [6, 6.07) is 6.32. The van der Waals surface area contributed by atoms with Crippen LogP contribution in [0.5, 0.6) is 5.75 Å². The van der Waals surface area contributed by atoms with E-state index in [2.05, 4.69) is 17.2 Å². The number of nitrogens with one attached hydrogen (secondary N) is 2. The molecule has 2 amide bonds. The molecule has 0 aliphatic carbocycles. The van der Waals surface area contributed by atoms with E-state index < -0.39 is 24.0 Å². The van der Waals surface area contributed by atoms with Crippen molar-refractivity contribution in [3.63, 3.8) is 0 Å². The van der Waals surface area contributed by atoms with Crippen molar-refractivity contribution >= 4 is 12.0 Å². The van der Waals surface area contributed by atoms with E-state index in [-0.39, 0.29) is 12.2 Å². The summed E-state index contributed by atoms with van der Waals surface area (Å²) in [5, 5.41) is 5.35. The van der Waals surface area contributed by atoms with Gasteiger partial charge in [-0.3, -0.25) is 4.79 Å². The molecule has 24 heavy (non-hydrogen) atoms. The SMILES string of the molecule is C=C1NC(=O)NC(c2ccccc2OC(C)C)C1C(=O)OC(C)C. The molecule has 1 fully saturated rings. The van der Waals surface area contributed by atoms with E-state index in [4.69, 9.17) is 9.47 Å². The van der Waals surface area contributed by atoms with Gasteiger partial charge in [-0.05, 0) is 33.8 Å². The first-order valence-corrected chi connectivity index (χ1v) is 8.02. The van der Waals surface area contributed by atoms with Crippen molar-refractivity contribution in [2.75, 3.05) is 0 Å². The summed E-state index contributed by atoms with van der Waals surface area (Å²) < 4.78 is 11.2. The van der Waals surface area contributed by atoms with Crippen LogP contribution in [0, 0.1) is 5.92 Å². The Kier molecular flexibility index (Phi) is 5.49. The van der Waals surface area contributed by atoms with Crippen LogP contribution in [0.3, 0.4) is 0 Å². The van der Waals surface area contributed by atoms with Crippen molar-refractivity contribution in [1.29, 1.82) is 0 Å². The molecule has 0 aromatic heterocycles. The molecular formula is C18H24N2O4. The van der Waals surface area contributed by atoms with Gasteiger partial charge in [0.1, 0.15) is 11.7 Å². The minimum Gasteiger partial charge on any atom is -0.491 e. The largest absolute Gasteiger partial charge is 0.491 e. The molecule has 1 aromatic rings. The average molecular weight is 332 g/mol. The summed E-state index contributed by atoms with van der Waals surface area (Å²) in [6.45, 7) is 11.2. The van der Waals surface area contributed by atoms with Crippen LogP contribution in [0.4, 0.5) is 4.79 Å². The summed E-state index contributed by atoms with van der Waals surface area (Å²) in [5.74, 6) is -0.552. The highest BCUT2D eigenvalue weighted by Gasteiger charge is 2.40. The summed E-state index contributed by atoms with van der Waals surface area (Å²) in [5.41, 5.74) is 1.03. The Morgan fingerprint density at radius 2 is 1.83 bits per heavy atom. The summed E-state index contributed by atoms with van der Waals surface area (Å²) in [6.07, 6.45) is -0.293. The molecule has 1 aromatic carbocycles. The van der Waals surface area contributed by atoms with Gasteiger partial charge >= 0.3 is 12.0 Å². The number of rotatable bonds is 5. The van der Waals surface area contributed by atoms with Crippen LogP contribution in [0.2, 0.25) is 0 Å². The highest BCUT2D eigenvalue weighted by atomic mass is 16.5. The van der Waals surface area contributed by atoms with Gasteiger partial charge in [0.2, 0.25) is 0 Å². The van der Waals surface area contributed by atoms with Crippen molar-refractivity contribution in [1.82, 2.24) is 10.6 Å². The van der Waals surface area contributed by atoms with Crippen LogP contribution >= 0.6 is 0 Å². The van der Waals surface area contributed by atoms with E-state index in [1.165, 1.54) is 0 Å². The van der Waals surface area contributed by atoms with Gasteiger partial charge < -0.3 is 20.1 Å². The second kappa shape index (κ2) is 7.38. The fraction of sp³-hybridized carbons (Fsp3) is 0.444. The van der Waals surface area contributed by atoms with E-state index in [0.717, 1.165) is 0 Å². The maximum atomic E-state index is 12.5. The molecular weight excluding hydrogens is 308 g/mol. The molecule has 1 aliphatic rings. The predicted molar refractivity (Wildman–Crippen MR) is 90.5 cm³/mol. The highest BCUT2D eigenvalue weighted by Crippen LogP contribution is 2.35. The first-order valence-electron chi connectivity index (χ1n) is 8.02. The number of benzene rings is 1. The van der Waals surface area contributed by atoms with Gasteiger partial charge in [-0.15, -0.1) is 0 Å². The Morgan fingerprint density at radius 1 is 1.17 bits per heavy atom. The number of urea groups is 1. The predicted octanol–water partition coefficient (Wildman–Crippen LogP) is 2.91. The Balaban J connectivity index is 2.41. The Bertz CT molecular complexity index is 640. The van der Waals surface area contributed by atoms with Gasteiger partial charge in [0.05, 0.1) is 18.2 Å². The molecule has 1 heterocycles. The number of hydrogen-bond acceptors (Lipinski definition) is 4. The van der Waals surface area contributed by atoms with Gasteiger partial charge in [-0.1, -0.05) is 24.8 Å². The minimum atomic E-state index is -0.734. The molecule has 1 aliphatic heterocycles. The molecule has 1 saturated heterocycles. The van der Waals surface area contributed by atoms with Crippen LogP contribution in [0.1, 0.15) is 39.3 Å². The lowest BCUT2D eigenvalue weighted by Gasteiger charge is -2.34. The minimum absolute atomic E-state index is 0.0344. The zero-order chi connectivity index (χ0) is 17.9. The standard InChI is InChI=1S/C18H24N2O4/c1-10(2)23-14-9-7-6-8-13(14)16-15(17(21)24-11(3)4)12(5)19-18(22)20-16/h6-11,15-16H,5H2,1-4H3,(H2,19,20,22). The second-order valence-electron chi connectivity index (χ2n) is 6.27. The van der Waals surface area contributed by atoms with Gasteiger partial charge in [0.15, 0.2) is 0 Å². The van der Waals surface area contributed by atoms with Crippen molar-refractivity contribution < 1.29 is 19.1 Å². The molecule has 0 saturated carbocycles. The molecule has 0 spiro atoms. The van der Waals surface area contributed by atoms with E-state index >= 15 is 0 Å². The monoisotopic (exact) mass is 332 g/mol. The third-order valence-corrected chi connectivity index (χ3v) is 3.49. The quantitative estimate of drug-likeness (QED) is 0.813. The van der Waals surface area contributed by atoms with Gasteiger partial charge in [-0.2, -0.15) is 0 Å². The molecule has 2 unspecified atom stereocenters. The third-order valence-electron chi connectivity index (χ3n) is 3.49. The Morgan fingerprint density at radius 3 is 2.46 bits per heavy atom. The van der Waals surface area contributed by atoms with E-state index in [1.807, 2.05) is 38.1 Å². The van der Waals surface area contributed by atoms with E-state index in [0.29, 0.717) is 17.0 Å². The first kappa shape index (κ1) is 17.8. The number of esters is 1. The Labute approximate surface area is 142 Å². The number of amides is 2. The lowest BCUT2D eigenvalue weighted by atomic mass is 9.88. The van der Waals surface area contributed by atoms with Crippen molar-refractivity contribution in [3.05, 3.63) is 42.1 Å². The van der Waals surface area contributed by atoms with Crippen LogP contribution in [-0.2, 0) is 9.53 Å². The molecule has 2 N–H and O–H groups in total. The first-order chi connectivity index (χ1) is 11.3. The lowest BCUT2D eigenvalue weighted by molar-refractivity contribution is -0.152. The number of hydrogen-bond donors (Lipinski definition) is 2. The van der Waals surface area contributed by atoms with Gasteiger partial charge in [0, 0.05) is 11.3 Å². The molecule has 6 nitrogen and oxygen atoms in total. The maximum absolute atomic E-state index is 12.5. The third kappa shape index (κ3) is 4.07. The second-order valence-corrected chi connectivity index (χ2v) is 6.27. The number of ether oxygens (including phenoxy) is 2. The maximum Gasteiger partial charge on any atom is 0.319 e. The van der Waals surface area contributed by atoms with Gasteiger partial charge in [0.25, 0.3) is 0 Å². The lowest BCUT2D eigenvalue weighted by Crippen LogP contribution is -2.51. The van der Waals surface area contributed by atoms with Crippen LogP contribution in [0.25, 0.3) is 0 Å². The van der Waals surface area contributed by atoms with Crippen molar-refractivity contribution in [2.45, 2.75) is 45.9 Å². The van der Waals surface area contributed by atoms with E-state index in [9.17, 15) is 9.59 Å². The topological polar surface area (TPSA) is 76.7 Å². The zero-order valence-corrected chi connectivity index (χ0v) is 14.5. The van der Waals surface area contributed by atoms with Crippen molar-refractivity contribution in [2.24, 2.45) is 5.92 Å². The van der Waals surface area contributed by atoms with Gasteiger partial charge in [-0.25, -0.2) is 4.79 Å². The highest BCUT2D eigenvalue weighted by molar-refractivity contribution is 5.85. The smallest absolute Gasteiger partial charge is 0.319 e. The zero-order valence-electron chi connectivity index (χ0n) is 14.5. The van der Waals surface area contributed by atoms with Crippen molar-refractivity contribution in [3.8, 4) is 5.75 Å². The molecule has 2 rings (SSSR count). The summed E-state index contributed by atoms with van der Waals surface area (Å²) >= 11 is 0. The normalized spacial score (nSPS) is 20.6. The molecule has 0 bridgehead atoms. The molecule has 6 heteroatoms. The fourth-order valence-electron chi connectivity index (χ4n) is 2.63. The summed E-state index contributed by atoms with van der Waals surface area (Å²) in [7, 11) is 0. The Hall–Kier alpha value is -2.50. The number of para-hydroxylation sites is 1. The van der Waals surface area contributed by atoms with Crippen LogP contribution in [0.15, 0.2) is 36.5 Å². The molecule has 130 valence electrons. The number of carbonyl (C=O) groups excluding carboxylic acids is 2. The van der Waals surface area contributed by atoms with Crippen LogP contribution in [-0.4, -0.2) is 24.2 Å². The average Bonchev–Trinajstić information content (AvgIpc) is 2.45. The molecule has 2 atom stereocenters. The fourth-order valence-corrected chi connectivity index (χ4v) is 2.63. The summed E-state index contributed by atoms with van der Waals surface area (Å²) in [4.78, 5) is 24.4. The van der Waals surface area contributed by atoms with E-state index in [1.54, 1.807) is 13.8 Å². The molecule has 0 radical (unpaired) electrons. The van der Waals surface area contributed by atoms with Crippen LogP contribution < -0.4 is 15.4 Å². The number of carbonyl (C=O) groups is 2.